The fraction of sp³-hybridized carbons (Fsp3) is 0.125. The summed E-state index contributed by atoms with van der Waals surface area (Å²) in [4.78, 5) is 0. The first-order valence-corrected chi connectivity index (χ1v) is 5.35. The molecule has 0 saturated heterocycles. The van der Waals surface area contributed by atoms with Crippen LogP contribution in [0.4, 0.5) is 0 Å². The van der Waals surface area contributed by atoms with Crippen LogP contribution >= 0.6 is 0 Å². The Labute approximate surface area is 96.9 Å². The number of benzene rings is 2. The summed E-state index contributed by atoms with van der Waals surface area (Å²) in [5, 5.41) is 0. The van der Waals surface area contributed by atoms with Gasteiger partial charge in [0.2, 0.25) is 0 Å². The number of hydrogen-bond acceptors (Lipinski definition) is 0. The normalized spacial score (nSPS) is 9.81. The minimum atomic E-state index is 0.970. The largest absolute Gasteiger partial charge is 0.115 e. The van der Waals surface area contributed by atoms with Gasteiger partial charge >= 0.3 is 0 Å². The van der Waals surface area contributed by atoms with E-state index in [2.05, 4.69) is 55.3 Å². The van der Waals surface area contributed by atoms with Gasteiger partial charge in [-0.3, -0.25) is 0 Å². The van der Waals surface area contributed by atoms with E-state index in [0.29, 0.717) is 0 Å². The summed E-state index contributed by atoms with van der Waals surface area (Å²) in [5.41, 5.74) is 5.78. The summed E-state index contributed by atoms with van der Waals surface area (Å²) >= 11 is 0. The van der Waals surface area contributed by atoms with Crippen molar-refractivity contribution in [3.05, 3.63) is 59.2 Å². The maximum Gasteiger partial charge on any atom is 0.0277 e. The van der Waals surface area contributed by atoms with Crippen LogP contribution in [0.25, 0.3) is 11.1 Å². The number of rotatable bonds is 1. The lowest BCUT2D eigenvalue weighted by Crippen LogP contribution is -1.84. The van der Waals surface area contributed by atoms with Gasteiger partial charge in [0.05, 0.1) is 0 Å². The van der Waals surface area contributed by atoms with Gasteiger partial charge in [-0.25, -0.2) is 0 Å². The smallest absolute Gasteiger partial charge is 0.0277 e. The molecule has 0 N–H and O–H groups in total. The van der Waals surface area contributed by atoms with Crippen molar-refractivity contribution in [3.8, 4) is 23.5 Å². The quantitative estimate of drug-likeness (QED) is 0.620. The predicted molar refractivity (Wildman–Crippen MR) is 69.3 cm³/mol. The van der Waals surface area contributed by atoms with Crippen molar-refractivity contribution in [1.82, 2.24) is 0 Å². The lowest BCUT2D eigenvalue weighted by Gasteiger charge is -2.05. The first kappa shape index (κ1) is 10.5. The highest BCUT2D eigenvalue weighted by Gasteiger charge is 2.00. The minimum Gasteiger partial charge on any atom is -0.115 e. The summed E-state index contributed by atoms with van der Waals surface area (Å²) in [6, 6.07) is 14.7. The zero-order valence-electron chi connectivity index (χ0n) is 9.62. The Bertz CT molecular complexity index is 539. The third-order valence-electron chi connectivity index (χ3n) is 2.78. The molecule has 0 atom stereocenters. The highest BCUT2D eigenvalue weighted by molar-refractivity contribution is 5.66. The Hall–Kier alpha value is -2.00. The van der Waals surface area contributed by atoms with Crippen LogP contribution in [0.2, 0.25) is 0 Å². The molecule has 0 aliphatic carbocycles. The van der Waals surface area contributed by atoms with Crippen LogP contribution in [0, 0.1) is 26.2 Å². The Morgan fingerprint density at radius 2 is 1.50 bits per heavy atom. The zero-order chi connectivity index (χ0) is 11.5. The summed E-state index contributed by atoms with van der Waals surface area (Å²) < 4.78 is 0. The number of terminal acetylenes is 1. The Kier molecular flexibility index (Phi) is 2.79. The zero-order valence-corrected chi connectivity index (χ0v) is 9.62. The monoisotopic (exact) mass is 206 g/mol. The average Bonchev–Trinajstić information content (AvgIpc) is 2.31. The van der Waals surface area contributed by atoms with Crippen LogP contribution in [0.5, 0.6) is 0 Å². The molecule has 0 nitrogen and oxygen atoms in total. The van der Waals surface area contributed by atoms with Crippen molar-refractivity contribution < 1.29 is 0 Å². The van der Waals surface area contributed by atoms with Gasteiger partial charge in [0, 0.05) is 5.56 Å². The summed E-state index contributed by atoms with van der Waals surface area (Å²) in [5.74, 6) is 2.72. The average molecular weight is 206 g/mol. The second-order valence-electron chi connectivity index (χ2n) is 4.04. The minimum absolute atomic E-state index is 0.970. The Balaban J connectivity index is 2.49. The van der Waals surface area contributed by atoms with E-state index in [9.17, 15) is 0 Å². The van der Waals surface area contributed by atoms with Crippen molar-refractivity contribution in [1.29, 1.82) is 0 Å². The van der Waals surface area contributed by atoms with E-state index in [1.54, 1.807) is 0 Å². The maximum atomic E-state index is 5.47. The molecule has 0 unspecified atom stereocenters. The third kappa shape index (κ3) is 1.99. The second kappa shape index (κ2) is 4.24. The molecular formula is C16H14. The third-order valence-corrected chi connectivity index (χ3v) is 2.78. The Morgan fingerprint density at radius 1 is 0.875 bits per heavy atom. The van der Waals surface area contributed by atoms with Gasteiger partial charge in [0.1, 0.15) is 0 Å². The van der Waals surface area contributed by atoms with Crippen LogP contribution in [-0.4, -0.2) is 0 Å². The summed E-state index contributed by atoms with van der Waals surface area (Å²) in [6.45, 7) is 4.12. The van der Waals surface area contributed by atoms with E-state index < -0.39 is 0 Å². The molecule has 2 aromatic rings. The van der Waals surface area contributed by atoms with Gasteiger partial charge in [-0.2, -0.15) is 0 Å². The number of hydrogen-bond donors (Lipinski definition) is 0. The molecule has 2 aromatic carbocycles. The first-order valence-electron chi connectivity index (χ1n) is 5.35. The van der Waals surface area contributed by atoms with E-state index in [1.165, 1.54) is 16.7 Å². The fourth-order valence-electron chi connectivity index (χ4n) is 1.70. The molecule has 78 valence electrons. The molecule has 0 aliphatic heterocycles. The molecule has 0 saturated carbocycles. The molecule has 2 rings (SSSR count). The van der Waals surface area contributed by atoms with Crippen LogP contribution in [-0.2, 0) is 0 Å². The van der Waals surface area contributed by atoms with E-state index >= 15 is 0 Å². The van der Waals surface area contributed by atoms with Crippen LogP contribution in [0.1, 0.15) is 16.7 Å². The molecule has 16 heavy (non-hydrogen) atoms. The van der Waals surface area contributed by atoms with Crippen molar-refractivity contribution in [2.75, 3.05) is 0 Å². The van der Waals surface area contributed by atoms with E-state index in [-0.39, 0.29) is 0 Å². The standard InChI is InChI=1S/C16H14/c1-4-14-11-16(10-7-13(14)3)15-8-5-12(2)6-9-15/h1,5-11H,2-3H3. The van der Waals surface area contributed by atoms with Gasteiger partial charge in [-0.1, -0.05) is 47.9 Å². The van der Waals surface area contributed by atoms with Crippen molar-refractivity contribution >= 4 is 0 Å². The van der Waals surface area contributed by atoms with Crippen LogP contribution < -0.4 is 0 Å². The SMILES string of the molecule is C#Cc1cc(-c2ccc(C)cc2)ccc1C. The summed E-state index contributed by atoms with van der Waals surface area (Å²) in [6.07, 6.45) is 5.47. The van der Waals surface area contributed by atoms with Crippen molar-refractivity contribution in [3.63, 3.8) is 0 Å². The second-order valence-corrected chi connectivity index (χ2v) is 4.04. The molecule has 0 radical (unpaired) electrons. The van der Waals surface area contributed by atoms with Crippen molar-refractivity contribution in [2.45, 2.75) is 13.8 Å². The first-order chi connectivity index (χ1) is 7.70. The lowest BCUT2D eigenvalue weighted by molar-refractivity contribution is 1.42. The van der Waals surface area contributed by atoms with Gasteiger partial charge in [-0.05, 0) is 36.6 Å². The van der Waals surface area contributed by atoms with E-state index in [1.807, 2.05) is 6.92 Å². The molecule has 0 bridgehead atoms. The molecule has 0 spiro atoms. The number of aryl methyl sites for hydroxylation is 2. The molecule has 0 fully saturated rings. The topological polar surface area (TPSA) is 0 Å². The highest BCUT2D eigenvalue weighted by atomic mass is 14.0. The molecular weight excluding hydrogens is 192 g/mol. The fourth-order valence-corrected chi connectivity index (χ4v) is 1.70. The lowest BCUT2D eigenvalue weighted by atomic mass is 9.99. The van der Waals surface area contributed by atoms with Crippen LogP contribution in [0.3, 0.4) is 0 Å². The van der Waals surface area contributed by atoms with E-state index in [4.69, 9.17) is 6.42 Å². The summed E-state index contributed by atoms with van der Waals surface area (Å²) in [7, 11) is 0. The molecule has 0 heterocycles. The van der Waals surface area contributed by atoms with Gasteiger partial charge < -0.3 is 0 Å². The molecule has 0 aliphatic rings. The van der Waals surface area contributed by atoms with Gasteiger partial charge in [-0.15, -0.1) is 6.42 Å². The van der Waals surface area contributed by atoms with Crippen LogP contribution in [0.15, 0.2) is 42.5 Å². The van der Waals surface area contributed by atoms with Gasteiger partial charge in [0.25, 0.3) is 0 Å². The molecule has 0 aromatic heterocycles. The molecule has 0 amide bonds. The van der Waals surface area contributed by atoms with E-state index in [0.717, 1.165) is 11.1 Å². The Morgan fingerprint density at radius 3 is 2.12 bits per heavy atom. The predicted octanol–water partition coefficient (Wildman–Crippen LogP) is 3.95. The molecule has 0 heteroatoms. The van der Waals surface area contributed by atoms with Crippen molar-refractivity contribution in [2.24, 2.45) is 0 Å². The highest BCUT2D eigenvalue weighted by Crippen LogP contribution is 2.22. The maximum absolute atomic E-state index is 5.47. The van der Waals surface area contributed by atoms with Gasteiger partial charge in [0.15, 0.2) is 0 Å².